The van der Waals surface area contributed by atoms with E-state index in [1.807, 2.05) is 61.7 Å². The fraction of sp³-hybridized carbons (Fsp3) is 0.0800. The summed E-state index contributed by atoms with van der Waals surface area (Å²) in [5.41, 5.74) is 4.66. The summed E-state index contributed by atoms with van der Waals surface area (Å²) in [5, 5.41) is 3.20. The van der Waals surface area contributed by atoms with Crippen molar-refractivity contribution in [2.75, 3.05) is 6.61 Å². The molecule has 28 heavy (non-hydrogen) atoms. The van der Waals surface area contributed by atoms with Gasteiger partial charge in [0.1, 0.15) is 0 Å². The van der Waals surface area contributed by atoms with E-state index in [9.17, 15) is 4.79 Å². The molecule has 0 amide bonds. The number of benzene rings is 3. The van der Waals surface area contributed by atoms with E-state index in [1.54, 1.807) is 0 Å². The van der Waals surface area contributed by atoms with Crippen LogP contribution in [0.2, 0.25) is 0 Å². The third-order valence-electron chi connectivity index (χ3n) is 5.19. The van der Waals surface area contributed by atoms with Crippen molar-refractivity contribution >= 4 is 33.2 Å². The summed E-state index contributed by atoms with van der Waals surface area (Å²) in [4.78, 5) is 13.0. The van der Waals surface area contributed by atoms with E-state index in [4.69, 9.17) is 4.74 Å². The highest BCUT2D eigenvalue weighted by Gasteiger charge is 2.23. The number of carbonyl (C=O) groups excluding carboxylic acids is 1. The van der Waals surface area contributed by atoms with E-state index in [-0.39, 0.29) is 5.97 Å². The molecule has 0 unspecified atom stereocenters. The van der Waals surface area contributed by atoms with Gasteiger partial charge in [0, 0.05) is 17.0 Å². The Morgan fingerprint density at radius 2 is 1.68 bits per heavy atom. The number of carbonyl (C=O) groups is 1. The molecule has 2 aromatic heterocycles. The van der Waals surface area contributed by atoms with Crippen molar-refractivity contribution in [3.05, 3.63) is 90.6 Å². The molecular formula is C25H19NO2. The number of hydrogen-bond acceptors (Lipinski definition) is 2. The lowest BCUT2D eigenvalue weighted by Crippen LogP contribution is -2.05. The van der Waals surface area contributed by atoms with Crippen LogP contribution in [0.4, 0.5) is 0 Å². The molecule has 0 saturated heterocycles. The van der Waals surface area contributed by atoms with Crippen LogP contribution in [0, 0.1) is 0 Å². The van der Waals surface area contributed by atoms with Crippen LogP contribution in [0.5, 0.6) is 0 Å². The van der Waals surface area contributed by atoms with Crippen LogP contribution in [0.25, 0.3) is 38.3 Å². The van der Waals surface area contributed by atoms with Crippen LogP contribution in [-0.4, -0.2) is 17.0 Å². The Bertz CT molecular complexity index is 1330. The highest BCUT2D eigenvalue weighted by molar-refractivity contribution is 6.23. The Balaban J connectivity index is 2.06. The van der Waals surface area contributed by atoms with E-state index >= 15 is 0 Å². The molecule has 3 heteroatoms. The Morgan fingerprint density at radius 1 is 0.929 bits per heavy atom. The molecule has 5 rings (SSSR count). The van der Waals surface area contributed by atoms with Crippen LogP contribution >= 0.6 is 0 Å². The second-order valence-electron chi connectivity index (χ2n) is 6.79. The van der Waals surface area contributed by atoms with Gasteiger partial charge in [0.15, 0.2) is 0 Å². The first-order valence-corrected chi connectivity index (χ1v) is 9.46. The zero-order valence-corrected chi connectivity index (χ0v) is 15.6. The predicted octanol–water partition coefficient (Wildman–Crippen LogP) is 6.09. The van der Waals surface area contributed by atoms with Crippen LogP contribution in [-0.2, 0) is 4.74 Å². The Labute approximate surface area is 162 Å². The van der Waals surface area contributed by atoms with Crippen molar-refractivity contribution < 1.29 is 9.53 Å². The van der Waals surface area contributed by atoms with Gasteiger partial charge in [-0.05, 0) is 41.6 Å². The molecule has 5 aromatic rings. The zero-order chi connectivity index (χ0) is 19.1. The van der Waals surface area contributed by atoms with E-state index in [0.717, 1.165) is 38.3 Å². The minimum absolute atomic E-state index is 0.284. The second-order valence-corrected chi connectivity index (χ2v) is 6.79. The van der Waals surface area contributed by atoms with Crippen LogP contribution < -0.4 is 0 Å². The number of esters is 1. The first-order chi connectivity index (χ1) is 13.8. The number of nitrogens with zero attached hydrogens (tertiary/aromatic N) is 1. The maximum atomic E-state index is 13.0. The molecule has 0 aliphatic heterocycles. The summed E-state index contributed by atoms with van der Waals surface area (Å²) in [6.45, 7) is 2.19. The molecule has 3 nitrogen and oxygen atoms in total. The lowest BCUT2D eigenvalue weighted by Gasteiger charge is -2.10. The highest BCUT2D eigenvalue weighted by atomic mass is 16.5. The first kappa shape index (κ1) is 16.6. The molecule has 0 atom stereocenters. The molecule has 3 aromatic carbocycles. The molecule has 0 fully saturated rings. The monoisotopic (exact) mass is 365 g/mol. The maximum absolute atomic E-state index is 13.0. The van der Waals surface area contributed by atoms with Gasteiger partial charge in [-0.25, -0.2) is 4.79 Å². The van der Waals surface area contributed by atoms with Crippen LogP contribution in [0.1, 0.15) is 17.3 Å². The molecule has 2 heterocycles. The van der Waals surface area contributed by atoms with Crippen molar-refractivity contribution in [2.24, 2.45) is 0 Å². The Hall–Kier alpha value is -3.59. The van der Waals surface area contributed by atoms with Gasteiger partial charge in [-0.1, -0.05) is 60.7 Å². The molecule has 0 saturated carbocycles. The number of ether oxygens (including phenoxy) is 1. The average Bonchev–Trinajstić information content (AvgIpc) is 3.09. The number of fused-ring (bicyclic) bond motifs is 5. The van der Waals surface area contributed by atoms with Gasteiger partial charge in [0.25, 0.3) is 0 Å². The van der Waals surface area contributed by atoms with Crippen molar-refractivity contribution in [3.8, 4) is 11.1 Å². The third-order valence-corrected chi connectivity index (χ3v) is 5.19. The fourth-order valence-electron chi connectivity index (χ4n) is 4.06. The predicted molar refractivity (Wildman–Crippen MR) is 114 cm³/mol. The molecular weight excluding hydrogens is 346 g/mol. The zero-order valence-electron chi connectivity index (χ0n) is 15.6. The van der Waals surface area contributed by atoms with Crippen molar-refractivity contribution in [1.29, 1.82) is 0 Å². The number of aromatic nitrogens is 1. The molecule has 0 N–H and O–H groups in total. The van der Waals surface area contributed by atoms with Gasteiger partial charge in [-0.2, -0.15) is 0 Å². The van der Waals surface area contributed by atoms with Gasteiger partial charge in [0.05, 0.1) is 23.2 Å². The first-order valence-electron chi connectivity index (χ1n) is 9.46. The van der Waals surface area contributed by atoms with Gasteiger partial charge in [-0.15, -0.1) is 0 Å². The summed E-state index contributed by atoms with van der Waals surface area (Å²) in [6, 6.07) is 26.6. The van der Waals surface area contributed by atoms with Gasteiger partial charge in [-0.3, -0.25) is 0 Å². The lowest BCUT2D eigenvalue weighted by atomic mass is 9.94. The SMILES string of the molecule is CCOC(=O)c1c2c(-c3ccccc3)cc3ccccc3c2n2ccccc12. The standard InChI is InChI=1S/C25H19NO2/c1-2-28-25(27)23-21-14-8-9-15-26(21)24-19-13-7-6-12-18(19)16-20(22(23)24)17-10-4-3-5-11-17/h3-16H,2H2,1H3. The van der Waals surface area contributed by atoms with E-state index in [0.29, 0.717) is 12.2 Å². The van der Waals surface area contributed by atoms with Crippen molar-refractivity contribution in [1.82, 2.24) is 4.40 Å². The number of pyridine rings is 1. The maximum Gasteiger partial charge on any atom is 0.340 e. The highest BCUT2D eigenvalue weighted by Crippen LogP contribution is 2.40. The minimum Gasteiger partial charge on any atom is -0.462 e. The van der Waals surface area contributed by atoms with Crippen LogP contribution in [0.3, 0.4) is 0 Å². The van der Waals surface area contributed by atoms with E-state index in [1.165, 1.54) is 0 Å². The summed E-state index contributed by atoms with van der Waals surface area (Å²) in [7, 11) is 0. The van der Waals surface area contributed by atoms with Crippen LogP contribution in [0.15, 0.2) is 85.1 Å². The topological polar surface area (TPSA) is 30.7 Å². The summed E-state index contributed by atoms with van der Waals surface area (Å²) in [5.74, 6) is -0.284. The third kappa shape index (κ3) is 2.40. The van der Waals surface area contributed by atoms with Gasteiger partial charge < -0.3 is 9.14 Å². The molecule has 0 bridgehead atoms. The summed E-state index contributed by atoms with van der Waals surface area (Å²) in [6.07, 6.45) is 2.02. The van der Waals surface area contributed by atoms with E-state index in [2.05, 4.69) is 34.7 Å². The summed E-state index contributed by atoms with van der Waals surface area (Å²) < 4.78 is 7.56. The summed E-state index contributed by atoms with van der Waals surface area (Å²) >= 11 is 0. The van der Waals surface area contributed by atoms with Crippen molar-refractivity contribution in [3.63, 3.8) is 0 Å². The molecule has 0 spiro atoms. The largest absolute Gasteiger partial charge is 0.462 e. The quantitative estimate of drug-likeness (QED) is 0.362. The Kier molecular flexibility index (Phi) is 3.87. The van der Waals surface area contributed by atoms with Crippen molar-refractivity contribution in [2.45, 2.75) is 6.92 Å². The second kappa shape index (κ2) is 6.54. The molecule has 0 aliphatic rings. The smallest absolute Gasteiger partial charge is 0.340 e. The normalized spacial score (nSPS) is 11.3. The number of hydrogen-bond donors (Lipinski definition) is 0. The number of rotatable bonds is 3. The van der Waals surface area contributed by atoms with Gasteiger partial charge in [0.2, 0.25) is 0 Å². The van der Waals surface area contributed by atoms with E-state index < -0.39 is 0 Å². The molecule has 0 radical (unpaired) electrons. The minimum atomic E-state index is -0.284. The average molecular weight is 365 g/mol. The fourth-order valence-corrected chi connectivity index (χ4v) is 4.06. The Morgan fingerprint density at radius 3 is 2.50 bits per heavy atom. The molecule has 0 aliphatic carbocycles. The lowest BCUT2D eigenvalue weighted by molar-refractivity contribution is 0.0531. The van der Waals surface area contributed by atoms with Gasteiger partial charge >= 0.3 is 5.97 Å². The molecule has 136 valence electrons.